The van der Waals surface area contributed by atoms with E-state index in [1.165, 1.54) is 0 Å². The summed E-state index contributed by atoms with van der Waals surface area (Å²) in [5.74, 6) is 0. The summed E-state index contributed by atoms with van der Waals surface area (Å²) in [6.45, 7) is 7.61. The molecule has 1 aliphatic rings. The van der Waals surface area contributed by atoms with Gasteiger partial charge in [-0.2, -0.15) is 0 Å². The summed E-state index contributed by atoms with van der Waals surface area (Å²) in [5.41, 5.74) is 1.49. The highest BCUT2D eigenvalue weighted by atomic mass is 35.5. The lowest BCUT2D eigenvalue weighted by Crippen LogP contribution is -2.44. The van der Waals surface area contributed by atoms with E-state index in [-0.39, 0.29) is 18.2 Å². The second-order valence-corrected chi connectivity index (χ2v) is 7.50. The lowest BCUT2D eigenvalue weighted by molar-refractivity contribution is 0.0492. The molecule has 2 rings (SSSR count). The molecule has 1 aliphatic carbocycles. The Balaban J connectivity index is 1.92. The normalized spacial score (nSPS) is 21.6. The lowest BCUT2D eigenvalue weighted by atomic mass is 9.91. The number of anilines is 1. The first-order valence-corrected chi connectivity index (χ1v) is 8.49. The van der Waals surface area contributed by atoms with E-state index >= 15 is 0 Å². The third-order valence-electron chi connectivity index (χ3n) is 3.86. The van der Waals surface area contributed by atoms with Crippen molar-refractivity contribution < 1.29 is 9.53 Å². The van der Waals surface area contributed by atoms with Gasteiger partial charge in [0.05, 0.1) is 5.69 Å². The Bertz CT molecular complexity index is 537. The molecule has 2 unspecified atom stereocenters. The molecule has 1 saturated carbocycles. The number of rotatable bonds is 3. The molecule has 5 nitrogen and oxygen atoms in total. The Kier molecular flexibility index (Phi) is 5.74. The average Bonchev–Trinajstić information content (AvgIpc) is 2.41. The number of alkyl carbamates (subject to hydrolysis) is 1. The van der Waals surface area contributed by atoms with Crippen LogP contribution in [0, 0.1) is 6.92 Å². The molecule has 2 N–H and O–H groups in total. The van der Waals surface area contributed by atoms with E-state index in [2.05, 4.69) is 15.6 Å². The zero-order valence-electron chi connectivity index (χ0n) is 14.3. The molecule has 128 valence electrons. The Morgan fingerprint density at radius 1 is 1.35 bits per heavy atom. The van der Waals surface area contributed by atoms with Crippen molar-refractivity contribution in [1.29, 1.82) is 0 Å². The fourth-order valence-corrected chi connectivity index (χ4v) is 3.09. The molecule has 23 heavy (non-hydrogen) atoms. The van der Waals surface area contributed by atoms with Gasteiger partial charge < -0.3 is 15.4 Å². The smallest absolute Gasteiger partial charge is 0.407 e. The van der Waals surface area contributed by atoms with Crippen molar-refractivity contribution in [2.24, 2.45) is 0 Å². The minimum atomic E-state index is -0.475. The van der Waals surface area contributed by atoms with Crippen LogP contribution in [0.15, 0.2) is 12.3 Å². The van der Waals surface area contributed by atoms with Crippen molar-refractivity contribution >= 4 is 23.4 Å². The van der Waals surface area contributed by atoms with Crippen LogP contribution in [0.2, 0.25) is 5.15 Å². The molecule has 6 heteroatoms. The van der Waals surface area contributed by atoms with Gasteiger partial charge in [0.2, 0.25) is 0 Å². The van der Waals surface area contributed by atoms with Gasteiger partial charge in [-0.15, -0.1) is 0 Å². The number of pyridine rings is 1. The van der Waals surface area contributed by atoms with E-state index in [1.807, 2.05) is 33.8 Å². The number of aromatic nitrogens is 1. The number of nitrogens with zero attached hydrogens (tertiary/aromatic N) is 1. The molecule has 1 fully saturated rings. The Morgan fingerprint density at radius 3 is 2.70 bits per heavy atom. The van der Waals surface area contributed by atoms with Gasteiger partial charge in [-0.05, 0) is 65.0 Å². The fraction of sp³-hybridized carbons (Fsp3) is 0.647. The standard InChI is InChI=1S/C17H26ClN3O2/c1-11-8-9-19-15(18)14(11)20-12-6-5-7-13(10-12)21-16(22)23-17(2,3)4/h8-9,12-13,20H,5-7,10H2,1-4H3,(H,21,22). The number of hydrogen-bond donors (Lipinski definition) is 2. The first kappa shape index (κ1) is 17.9. The monoisotopic (exact) mass is 339 g/mol. The number of carbonyl (C=O) groups is 1. The summed E-state index contributed by atoms with van der Waals surface area (Å²) >= 11 is 6.18. The molecule has 0 bridgehead atoms. The quantitative estimate of drug-likeness (QED) is 0.806. The number of nitrogens with one attached hydrogen (secondary N) is 2. The molecule has 2 atom stereocenters. The maximum Gasteiger partial charge on any atom is 0.407 e. The highest BCUT2D eigenvalue weighted by Crippen LogP contribution is 2.28. The second kappa shape index (κ2) is 7.39. The van der Waals surface area contributed by atoms with Gasteiger partial charge >= 0.3 is 6.09 Å². The van der Waals surface area contributed by atoms with E-state index < -0.39 is 5.60 Å². The third kappa shape index (κ3) is 5.57. The van der Waals surface area contributed by atoms with Crippen molar-refractivity contribution in [3.05, 3.63) is 23.0 Å². The van der Waals surface area contributed by atoms with Crippen molar-refractivity contribution in [3.63, 3.8) is 0 Å². The third-order valence-corrected chi connectivity index (χ3v) is 4.14. The number of aryl methyl sites for hydroxylation is 1. The molecule has 1 aromatic rings. The van der Waals surface area contributed by atoms with E-state index in [9.17, 15) is 4.79 Å². The van der Waals surface area contributed by atoms with Crippen LogP contribution in [0.25, 0.3) is 0 Å². The molecule has 1 heterocycles. The maximum absolute atomic E-state index is 11.9. The fourth-order valence-electron chi connectivity index (χ4n) is 2.83. The summed E-state index contributed by atoms with van der Waals surface area (Å²) in [5, 5.41) is 6.95. The Morgan fingerprint density at radius 2 is 2.04 bits per heavy atom. The summed E-state index contributed by atoms with van der Waals surface area (Å²) < 4.78 is 5.33. The van der Waals surface area contributed by atoms with Gasteiger partial charge in [0, 0.05) is 18.3 Å². The van der Waals surface area contributed by atoms with Gasteiger partial charge in [0.1, 0.15) is 5.60 Å². The lowest BCUT2D eigenvalue weighted by Gasteiger charge is -2.32. The highest BCUT2D eigenvalue weighted by Gasteiger charge is 2.26. The van der Waals surface area contributed by atoms with Crippen LogP contribution in [0.5, 0.6) is 0 Å². The largest absolute Gasteiger partial charge is 0.444 e. The molecular formula is C17H26ClN3O2. The summed E-state index contributed by atoms with van der Waals surface area (Å²) in [7, 11) is 0. The van der Waals surface area contributed by atoms with E-state index in [0.717, 1.165) is 36.9 Å². The maximum atomic E-state index is 11.9. The zero-order valence-corrected chi connectivity index (χ0v) is 15.0. The van der Waals surface area contributed by atoms with Crippen LogP contribution in [0.4, 0.5) is 10.5 Å². The molecule has 0 radical (unpaired) electrons. The number of halogens is 1. The van der Waals surface area contributed by atoms with Crippen molar-refractivity contribution in [2.45, 2.75) is 71.1 Å². The molecule has 0 aliphatic heterocycles. The van der Waals surface area contributed by atoms with Crippen LogP contribution in [-0.2, 0) is 4.74 Å². The van der Waals surface area contributed by atoms with Crippen molar-refractivity contribution in [2.75, 3.05) is 5.32 Å². The van der Waals surface area contributed by atoms with E-state index in [0.29, 0.717) is 5.15 Å². The van der Waals surface area contributed by atoms with Crippen LogP contribution in [-0.4, -0.2) is 28.8 Å². The van der Waals surface area contributed by atoms with E-state index in [1.54, 1.807) is 6.20 Å². The first-order valence-electron chi connectivity index (χ1n) is 8.12. The van der Waals surface area contributed by atoms with Crippen molar-refractivity contribution in [1.82, 2.24) is 10.3 Å². The summed E-state index contributed by atoms with van der Waals surface area (Å²) in [6.07, 6.45) is 5.28. The minimum Gasteiger partial charge on any atom is -0.444 e. The highest BCUT2D eigenvalue weighted by molar-refractivity contribution is 6.32. The molecule has 0 spiro atoms. The Labute approximate surface area is 143 Å². The molecular weight excluding hydrogens is 314 g/mol. The predicted octanol–water partition coefficient (Wildman–Crippen LogP) is 4.29. The number of ether oxygens (including phenoxy) is 1. The SMILES string of the molecule is Cc1ccnc(Cl)c1NC1CCCC(NC(=O)OC(C)(C)C)C1. The van der Waals surface area contributed by atoms with E-state index in [4.69, 9.17) is 16.3 Å². The Hall–Kier alpha value is -1.49. The minimum absolute atomic E-state index is 0.117. The van der Waals surface area contributed by atoms with Gasteiger partial charge in [-0.3, -0.25) is 0 Å². The molecule has 1 aromatic heterocycles. The molecule has 1 amide bonds. The average molecular weight is 340 g/mol. The topological polar surface area (TPSA) is 63.2 Å². The molecule has 0 aromatic carbocycles. The summed E-state index contributed by atoms with van der Waals surface area (Å²) in [6, 6.07) is 2.32. The molecule has 0 saturated heterocycles. The number of amides is 1. The van der Waals surface area contributed by atoms with Gasteiger partial charge in [-0.25, -0.2) is 9.78 Å². The van der Waals surface area contributed by atoms with Crippen LogP contribution in [0.3, 0.4) is 0 Å². The zero-order chi connectivity index (χ0) is 17.0. The van der Waals surface area contributed by atoms with Gasteiger partial charge in [0.25, 0.3) is 0 Å². The van der Waals surface area contributed by atoms with Crippen LogP contribution >= 0.6 is 11.6 Å². The van der Waals surface area contributed by atoms with Gasteiger partial charge in [-0.1, -0.05) is 11.6 Å². The van der Waals surface area contributed by atoms with Crippen molar-refractivity contribution in [3.8, 4) is 0 Å². The predicted molar refractivity (Wildman–Crippen MR) is 93.0 cm³/mol. The first-order chi connectivity index (χ1) is 10.7. The number of carbonyl (C=O) groups excluding carboxylic acids is 1. The summed E-state index contributed by atoms with van der Waals surface area (Å²) in [4.78, 5) is 16.0. The second-order valence-electron chi connectivity index (χ2n) is 7.14. The number of hydrogen-bond acceptors (Lipinski definition) is 4. The van der Waals surface area contributed by atoms with Gasteiger partial charge in [0.15, 0.2) is 5.15 Å². The van der Waals surface area contributed by atoms with Crippen LogP contribution in [0.1, 0.15) is 52.0 Å². The van der Waals surface area contributed by atoms with Crippen LogP contribution < -0.4 is 10.6 Å².